The van der Waals surface area contributed by atoms with E-state index >= 15 is 0 Å². The van der Waals surface area contributed by atoms with Crippen molar-refractivity contribution in [1.29, 1.82) is 0 Å². The van der Waals surface area contributed by atoms with Crippen LogP contribution in [0, 0.1) is 0 Å². The van der Waals surface area contributed by atoms with Gasteiger partial charge in [0.25, 0.3) is 0 Å². The number of fused-ring (bicyclic) bond motifs is 1. The fourth-order valence-corrected chi connectivity index (χ4v) is 3.31. The first kappa shape index (κ1) is 18.7. The fraction of sp³-hybridized carbons (Fsp3) is 0.526. The standard InChI is InChI=1S/C19H28N6O/c1-24(13-14-26-2)19-16-5-10-25(12-7-20)11-6-17(16)22-18(23-19)15-3-8-21-9-4-15/h3-4,8-9H,5-7,10-14,20H2,1-2H3. The number of hydrogen-bond acceptors (Lipinski definition) is 7. The Morgan fingerprint density at radius 3 is 2.69 bits per heavy atom. The Bertz CT molecular complexity index is 709. The Kier molecular flexibility index (Phi) is 6.49. The van der Waals surface area contributed by atoms with Crippen molar-refractivity contribution in [3.63, 3.8) is 0 Å². The Morgan fingerprint density at radius 2 is 1.96 bits per heavy atom. The summed E-state index contributed by atoms with van der Waals surface area (Å²) in [5.41, 5.74) is 9.14. The number of rotatable bonds is 7. The number of nitrogens with two attached hydrogens (primary N) is 1. The summed E-state index contributed by atoms with van der Waals surface area (Å²) in [7, 11) is 3.79. The Balaban J connectivity index is 1.98. The van der Waals surface area contributed by atoms with Gasteiger partial charge < -0.3 is 20.3 Å². The molecule has 2 aromatic heterocycles. The third kappa shape index (κ3) is 4.35. The van der Waals surface area contributed by atoms with Crippen LogP contribution in [0.5, 0.6) is 0 Å². The molecular weight excluding hydrogens is 328 g/mol. The van der Waals surface area contributed by atoms with Crippen molar-refractivity contribution in [1.82, 2.24) is 19.9 Å². The number of ether oxygens (including phenoxy) is 1. The van der Waals surface area contributed by atoms with Crippen LogP contribution in [-0.2, 0) is 17.6 Å². The first-order chi connectivity index (χ1) is 12.7. The van der Waals surface area contributed by atoms with Gasteiger partial charge in [-0.05, 0) is 18.6 Å². The van der Waals surface area contributed by atoms with E-state index in [2.05, 4.69) is 21.8 Å². The van der Waals surface area contributed by atoms with Crippen LogP contribution in [0.3, 0.4) is 0 Å². The maximum Gasteiger partial charge on any atom is 0.161 e. The number of likely N-dealkylation sites (N-methyl/N-ethyl adjacent to an activating group) is 1. The summed E-state index contributed by atoms with van der Waals surface area (Å²) in [5, 5.41) is 0. The molecule has 26 heavy (non-hydrogen) atoms. The maximum absolute atomic E-state index is 5.75. The predicted molar refractivity (Wildman–Crippen MR) is 103 cm³/mol. The topological polar surface area (TPSA) is 80.4 Å². The molecule has 7 nitrogen and oxygen atoms in total. The van der Waals surface area contributed by atoms with Crippen molar-refractivity contribution in [2.45, 2.75) is 12.8 Å². The van der Waals surface area contributed by atoms with Crippen molar-refractivity contribution >= 4 is 5.82 Å². The van der Waals surface area contributed by atoms with Gasteiger partial charge in [0.2, 0.25) is 0 Å². The zero-order valence-electron chi connectivity index (χ0n) is 15.7. The second-order valence-electron chi connectivity index (χ2n) is 6.58. The molecule has 0 saturated heterocycles. The van der Waals surface area contributed by atoms with E-state index in [1.54, 1.807) is 19.5 Å². The highest BCUT2D eigenvalue weighted by Gasteiger charge is 2.22. The van der Waals surface area contributed by atoms with Gasteiger partial charge in [-0.25, -0.2) is 9.97 Å². The highest BCUT2D eigenvalue weighted by Crippen LogP contribution is 2.27. The van der Waals surface area contributed by atoms with Crippen LogP contribution in [0.15, 0.2) is 24.5 Å². The molecule has 140 valence electrons. The van der Waals surface area contributed by atoms with Gasteiger partial charge >= 0.3 is 0 Å². The lowest BCUT2D eigenvalue weighted by atomic mass is 10.1. The molecule has 0 aromatic carbocycles. The molecular formula is C19H28N6O. The molecule has 0 bridgehead atoms. The molecule has 3 heterocycles. The summed E-state index contributed by atoms with van der Waals surface area (Å²) in [4.78, 5) is 18.5. The zero-order valence-corrected chi connectivity index (χ0v) is 15.7. The van der Waals surface area contributed by atoms with Gasteiger partial charge in [-0.1, -0.05) is 0 Å². The van der Waals surface area contributed by atoms with Gasteiger partial charge in [0.05, 0.1) is 12.3 Å². The number of aromatic nitrogens is 3. The molecule has 0 amide bonds. The Morgan fingerprint density at radius 1 is 1.19 bits per heavy atom. The van der Waals surface area contributed by atoms with E-state index < -0.39 is 0 Å². The summed E-state index contributed by atoms with van der Waals surface area (Å²) in [5.74, 6) is 1.77. The normalized spacial score (nSPS) is 14.7. The van der Waals surface area contributed by atoms with Crippen molar-refractivity contribution in [2.75, 3.05) is 58.4 Å². The summed E-state index contributed by atoms with van der Waals surface area (Å²) < 4.78 is 5.25. The first-order valence-electron chi connectivity index (χ1n) is 9.15. The quantitative estimate of drug-likeness (QED) is 0.792. The van der Waals surface area contributed by atoms with Gasteiger partial charge in [0.15, 0.2) is 5.82 Å². The molecule has 0 fully saturated rings. The van der Waals surface area contributed by atoms with Crippen molar-refractivity contribution in [3.05, 3.63) is 35.8 Å². The second kappa shape index (κ2) is 9.02. The summed E-state index contributed by atoms with van der Waals surface area (Å²) in [6.45, 7) is 5.05. The number of anilines is 1. The number of pyridine rings is 1. The van der Waals surface area contributed by atoms with E-state index in [1.807, 2.05) is 12.1 Å². The van der Waals surface area contributed by atoms with Gasteiger partial charge in [-0.2, -0.15) is 0 Å². The van der Waals surface area contributed by atoms with Crippen LogP contribution in [-0.4, -0.2) is 73.3 Å². The van der Waals surface area contributed by atoms with Crippen LogP contribution in [0.2, 0.25) is 0 Å². The minimum absolute atomic E-state index is 0.666. The number of hydrogen-bond donors (Lipinski definition) is 1. The molecule has 2 aromatic rings. The van der Waals surface area contributed by atoms with Gasteiger partial charge in [0.1, 0.15) is 5.82 Å². The minimum Gasteiger partial charge on any atom is -0.383 e. The van der Waals surface area contributed by atoms with Crippen LogP contribution < -0.4 is 10.6 Å². The van der Waals surface area contributed by atoms with Crippen molar-refractivity contribution in [3.8, 4) is 11.4 Å². The molecule has 7 heteroatoms. The first-order valence-corrected chi connectivity index (χ1v) is 9.15. The van der Waals surface area contributed by atoms with Crippen molar-refractivity contribution in [2.24, 2.45) is 5.73 Å². The molecule has 0 unspecified atom stereocenters. The number of methoxy groups -OCH3 is 1. The van der Waals surface area contributed by atoms with Crippen LogP contribution in [0.25, 0.3) is 11.4 Å². The molecule has 0 saturated carbocycles. The van der Waals surface area contributed by atoms with E-state index in [0.717, 1.165) is 61.9 Å². The molecule has 1 aliphatic rings. The van der Waals surface area contributed by atoms with Gasteiger partial charge in [-0.15, -0.1) is 0 Å². The third-order valence-corrected chi connectivity index (χ3v) is 4.79. The monoisotopic (exact) mass is 356 g/mol. The highest BCUT2D eigenvalue weighted by atomic mass is 16.5. The zero-order chi connectivity index (χ0) is 18.4. The molecule has 0 aliphatic carbocycles. The van der Waals surface area contributed by atoms with E-state index in [-0.39, 0.29) is 0 Å². The summed E-state index contributed by atoms with van der Waals surface area (Å²) >= 11 is 0. The van der Waals surface area contributed by atoms with E-state index in [1.165, 1.54) is 5.56 Å². The number of nitrogens with zero attached hydrogens (tertiary/aromatic N) is 5. The molecule has 2 N–H and O–H groups in total. The SMILES string of the molecule is COCCN(C)c1nc(-c2ccncc2)nc2c1CCN(CCN)CC2. The average Bonchev–Trinajstić information content (AvgIpc) is 2.89. The maximum atomic E-state index is 5.75. The average molecular weight is 356 g/mol. The minimum atomic E-state index is 0.666. The molecule has 0 radical (unpaired) electrons. The van der Waals surface area contributed by atoms with Crippen LogP contribution in [0.1, 0.15) is 11.3 Å². The highest BCUT2D eigenvalue weighted by molar-refractivity contribution is 5.60. The largest absolute Gasteiger partial charge is 0.383 e. The smallest absolute Gasteiger partial charge is 0.161 e. The Labute approximate surface area is 155 Å². The predicted octanol–water partition coefficient (Wildman–Crippen LogP) is 0.981. The molecule has 3 rings (SSSR count). The molecule has 0 atom stereocenters. The van der Waals surface area contributed by atoms with E-state index in [9.17, 15) is 0 Å². The van der Waals surface area contributed by atoms with Gasteiger partial charge in [-0.3, -0.25) is 4.98 Å². The van der Waals surface area contributed by atoms with Crippen molar-refractivity contribution < 1.29 is 4.74 Å². The summed E-state index contributed by atoms with van der Waals surface area (Å²) in [6.07, 6.45) is 5.42. The van der Waals surface area contributed by atoms with Crippen LogP contribution in [0.4, 0.5) is 5.82 Å². The van der Waals surface area contributed by atoms with E-state index in [0.29, 0.717) is 13.2 Å². The Hall–Kier alpha value is -2.09. The lowest BCUT2D eigenvalue weighted by Gasteiger charge is -2.23. The summed E-state index contributed by atoms with van der Waals surface area (Å²) in [6, 6.07) is 3.91. The van der Waals surface area contributed by atoms with Crippen LogP contribution >= 0.6 is 0 Å². The fourth-order valence-electron chi connectivity index (χ4n) is 3.31. The van der Waals surface area contributed by atoms with E-state index in [4.69, 9.17) is 20.4 Å². The molecule has 0 spiro atoms. The van der Waals surface area contributed by atoms with Gasteiger partial charge in [0, 0.05) is 76.8 Å². The second-order valence-corrected chi connectivity index (χ2v) is 6.58. The lowest BCUT2D eigenvalue weighted by molar-refractivity contribution is 0.206. The lowest BCUT2D eigenvalue weighted by Crippen LogP contribution is -2.31. The molecule has 1 aliphatic heterocycles. The third-order valence-electron chi connectivity index (χ3n) is 4.79.